The number of piperidine rings is 1. The van der Waals surface area contributed by atoms with E-state index in [-0.39, 0.29) is 17.6 Å². The minimum atomic E-state index is -0.434. The van der Waals surface area contributed by atoms with E-state index < -0.39 is 4.92 Å². The van der Waals surface area contributed by atoms with Gasteiger partial charge in [0.15, 0.2) is 0 Å². The van der Waals surface area contributed by atoms with Gasteiger partial charge in [-0.05, 0) is 50.8 Å². The van der Waals surface area contributed by atoms with E-state index in [1.807, 2.05) is 6.92 Å². The molecule has 1 fully saturated rings. The second kappa shape index (κ2) is 6.87. The summed E-state index contributed by atoms with van der Waals surface area (Å²) in [6, 6.07) is 4.29. The zero-order valence-electron chi connectivity index (χ0n) is 13.3. The highest BCUT2D eigenvalue weighted by molar-refractivity contribution is 5.95. The van der Waals surface area contributed by atoms with E-state index in [2.05, 4.69) is 17.1 Å². The average Bonchev–Trinajstić information content (AvgIpc) is 2.48. The maximum absolute atomic E-state index is 12.4. The minimum absolute atomic E-state index is 0.0356. The van der Waals surface area contributed by atoms with Crippen molar-refractivity contribution in [1.82, 2.24) is 4.90 Å². The first kappa shape index (κ1) is 16.4. The highest BCUT2D eigenvalue weighted by Gasteiger charge is 2.26. The third kappa shape index (κ3) is 3.82. The third-order valence-electron chi connectivity index (χ3n) is 4.29. The van der Waals surface area contributed by atoms with E-state index in [9.17, 15) is 14.9 Å². The highest BCUT2D eigenvalue weighted by Crippen LogP contribution is 2.22. The fraction of sp³-hybridized carbons (Fsp3) is 0.562. The Morgan fingerprint density at radius 1 is 1.50 bits per heavy atom. The third-order valence-corrected chi connectivity index (χ3v) is 4.29. The Bertz CT molecular complexity index is 574. The molecule has 0 aliphatic carbocycles. The Morgan fingerprint density at radius 2 is 2.23 bits per heavy atom. The molecule has 120 valence electrons. The number of carbonyl (C=O) groups is 1. The molecule has 2 rings (SSSR count). The number of aryl methyl sites for hydroxylation is 1. The molecule has 0 spiro atoms. The number of hydrogen-bond acceptors (Lipinski definition) is 4. The van der Waals surface area contributed by atoms with Gasteiger partial charge in [-0.25, -0.2) is 0 Å². The first-order valence-electron chi connectivity index (χ1n) is 7.68. The number of hydrogen-bond donors (Lipinski definition) is 1. The van der Waals surface area contributed by atoms with Gasteiger partial charge in [-0.3, -0.25) is 19.8 Å². The summed E-state index contributed by atoms with van der Waals surface area (Å²) in [4.78, 5) is 24.9. The van der Waals surface area contributed by atoms with Crippen LogP contribution in [0.3, 0.4) is 0 Å². The van der Waals surface area contributed by atoms with Crippen LogP contribution in [0.25, 0.3) is 0 Å². The molecule has 0 bridgehead atoms. The van der Waals surface area contributed by atoms with Gasteiger partial charge in [-0.2, -0.15) is 0 Å². The minimum Gasteiger partial charge on any atom is -0.324 e. The maximum atomic E-state index is 12.4. The van der Waals surface area contributed by atoms with Crippen molar-refractivity contribution in [3.05, 3.63) is 33.9 Å². The van der Waals surface area contributed by atoms with Gasteiger partial charge >= 0.3 is 0 Å². The van der Waals surface area contributed by atoms with Crippen molar-refractivity contribution in [3.63, 3.8) is 0 Å². The number of nitrogens with one attached hydrogen (secondary N) is 1. The zero-order chi connectivity index (χ0) is 16.3. The molecular weight excluding hydrogens is 282 g/mol. The second-order valence-electron chi connectivity index (χ2n) is 6.16. The van der Waals surface area contributed by atoms with Crippen LogP contribution in [-0.4, -0.2) is 34.9 Å². The van der Waals surface area contributed by atoms with Gasteiger partial charge in [-0.1, -0.05) is 6.92 Å². The molecule has 0 unspecified atom stereocenters. The second-order valence-corrected chi connectivity index (χ2v) is 6.16. The molecule has 22 heavy (non-hydrogen) atoms. The van der Waals surface area contributed by atoms with E-state index in [4.69, 9.17) is 0 Å². The Hall–Kier alpha value is -1.95. The number of nitro benzene ring substituents is 1. The largest absolute Gasteiger partial charge is 0.324 e. The summed E-state index contributed by atoms with van der Waals surface area (Å²) in [5.74, 6) is 0.552. The van der Waals surface area contributed by atoms with Crippen LogP contribution in [0.5, 0.6) is 0 Å². The molecule has 1 aliphatic heterocycles. The number of nitro groups is 1. The van der Waals surface area contributed by atoms with Gasteiger partial charge in [0.05, 0.1) is 11.0 Å². The molecule has 1 saturated heterocycles. The van der Waals surface area contributed by atoms with Crippen LogP contribution in [0.4, 0.5) is 11.4 Å². The van der Waals surface area contributed by atoms with Crippen molar-refractivity contribution in [2.24, 2.45) is 5.92 Å². The summed E-state index contributed by atoms with van der Waals surface area (Å²) in [5.41, 5.74) is 1.36. The first-order valence-corrected chi connectivity index (χ1v) is 7.68. The van der Waals surface area contributed by atoms with Crippen LogP contribution in [0, 0.1) is 23.0 Å². The summed E-state index contributed by atoms with van der Waals surface area (Å²) in [6.07, 6.45) is 2.33. The van der Waals surface area contributed by atoms with Crippen molar-refractivity contribution >= 4 is 17.3 Å². The fourth-order valence-electron chi connectivity index (χ4n) is 2.88. The van der Waals surface area contributed by atoms with Gasteiger partial charge in [0, 0.05) is 24.4 Å². The Labute approximate surface area is 130 Å². The van der Waals surface area contributed by atoms with Gasteiger partial charge in [0.1, 0.15) is 0 Å². The summed E-state index contributed by atoms with van der Waals surface area (Å²) >= 11 is 0. The molecule has 1 aromatic carbocycles. The number of anilines is 1. The molecule has 1 aliphatic rings. The number of likely N-dealkylation sites (tertiary alicyclic amines) is 1. The Kier molecular flexibility index (Phi) is 5.13. The molecule has 1 heterocycles. The van der Waals surface area contributed by atoms with Crippen molar-refractivity contribution in [3.8, 4) is 0 Å². The lowest BCUT2D eigenvalue weighted by atomic mass is 9.99. The number of rotatable bonds is 4. The molecule has 1 N–H and O–H groups in total. The van der Waals surface area contributed by atoms with E-state index in [0.29, 0.717) is 17.2 Å². The van der Waals surface area contributed by atoms with Crippen molar-refractivity contribution in [2.75, 3.05) is 18.4 Å². The van der Waals surface area contributed by atoms with E-state index in [0.717, 1.165) is 19.5 Å². The maximum Gasteiger partial charge on any atom is 0.269 e. The van der Waals surface area contributed by atoms with Crippen LogP contribution in [0.1, 0.15) is 32.3 Å². The zero-order valence-corrected chi connectivity index (χ0v) is 13.3. The topological polar surface area (TPSA) is 75.5 Å². The predicted molar refractivity (Wildman–Crippen MR) is 85.9 cm³/mol. The first-order chi connectivity index (χ1) is 10.4. The molecule has 6 nitrogen and oxygen atoms in total. The van der Waals surface area contributed by atoms with E-state index >= 15 is 0 Å². The Balaban J connectivity index is 2.03. The average molecular weight is 305 g/mol. The molecule has 6 heteroatoms. The van der Waals surface area contributed by atoms with Gasteiger partial charge in [-0.15, -0.1) is 0 Å². The number of non-ortho nitro benzene ring substituents is 1. The van der Waals surface area contributed by atoms with E-state index in [1.165, 1.54) is 18.6 Å². The number of amides is 1. The van der Waals surface area contributed by atoms with Crippen molar-refractivity contribution in [1.29, 1.82) is 0 Å². The lowest BCUT2D eigenvalue weighted by Crippen LogP contribution is -2.46. The lowest BCUT2D eigenvalue weighted by Gasteiger charge is -2.34. The summed E-state index contributed by atoms with van der Waals surface area (Å²) in [5, 5.41) is 13.6. The SMILES string of the molecule is Cc1cc([N+](=O)[O-])ccc1NC(=O)[C@@H](C)N1CCC[C@H](C)C1. The standard InChI is InChI=1S/C16H23N3O3/c1-11-5-4-8-18(10-11)13(3)16(20)17-15-7-6-14(19(21)22)9-12(15)2/h6-7,9,11,13H,4-5,8,10H2,1-3H3,(H,17,20)/t11-,13+/m0/s1. The van der Waals surface area contributed by atoms with Gasteiger partial charge in [0.25, 0.3) is 5.69 Å². The van der Waals surface area contributed by atoms with Crippen molar-refractivity contribution in [2.45, 2.75) is 39.7 Å². The lowest BCUT2D eigenvalue weighted by molar-refractivity contribution is -0.384. The van der Waals surface area contributed by atoms with Crippen LogP contribution in [0.2, 0.25) is 0 Å². The molecule has 1 amide bonds. The van der Waals surface area contributed by atoms with Crippen LogP contribution in [0.15, 0.2) is 18.2 Å². The van der Waals surface area contributed by atoms with Crippen LogP contribution < -0.4 is 5.32 Å². The molecule has 1 aromatic rings. The predicted octanol–water partition coefficient (Wildman–Crippen LogP) is 2.96. The van der Waals surface area contributed by atoms with E-state index in [1.54, 1.807) is 13.0 Å². The normalized spacial score (nSPS) is 20.4. The van der Waals surface area contributed by atoms with Gasteiger partial charge < -0.3 is 5.32 Å². The number of nitrogens with zero attached hydrogens (tertiary/aromatic N) is 2. The number of carbonyl (C=O) groups excluding carboxylic acids is 1. The molecule has 2 atom stereocenters. The van der Waals surface area contributed by atoms with Crippen molar-refractivity contribution < 1.29 is 9.72 Å². The molecular formula is C16H23N3O3. The molecule has 0 aromatic heterocycles. The summed E-state index contributed by atoms with van der Waals surface area (Å²) < 4.78 is 0. The van der Waals surface area contributed by atoms with Gasteiger partial charge in [0.2, 0.25) is 5.91 Å². The highest BCUT2D eigenvalue weighted by atomic mass is 16.6. The monoisotopic (exact) mass is 305 g/mol. The molecule has 0 radical (unpaired) electrons. The smallest absolute Gasteiger partial charge is 0.269 e. The summed E-state index contributed by atoms with van der Waals surface area (Å²) in [6.45, 7) is 7.76. The van der Waals surface area contributed by atoms with Crippen LogP contribution >= 0.6 is 0 Å². The number of benzene rings is 1. The Morgan fingerprint density at radius 3 is 2.82 bits per heavy atom. The molecule has 0 saturated carbocycles. The fourth-order valence-corrected chi connectivity index (χ4v) is 2.88. The quantitative estimate of drug-likeness (QED) is 0.685. The summed E-state index contributed by atoms with van der Waals surface area (Å²) in [7, 11) is 0. The van der Waals surface area contributed by atoms with Crippen LogP contribution in [-0.2, 0) is 4.79 Å².